The van der Waals surface area contributed by atoms with Gasteiger partial charge in [-0.05, 0) is 48.2 Å². The van der Waals surface area contributed by atoms with Crippen LogP contribution in [0.3, 0.4) is 0 Å². The van der Waals surface area contributed by atoms with Crippen LogP contribution in [0.2, 0.25) is 0 Å². The topological polar surface area (TPSA) is 98.9 Å². The van der Waals surface area contributed by atoms with Crippen molar-refractivity contribution >= 4 is 39.0 Å². The van der Waals surface area contributed by atoms with E-state index in [0.29, 0.717) is 12.3 Å². The van der Waals surface area contributed by atoms with E-state index >= 15 is 0 Å². The number of benzene rings is 2. The highest BCUT2D eigenvalue weighted by Gasteiger charge is 2.42. The Morgan fingerprint density at radius 3 is 2.95 bits per heavy atom. The Hall–Kier alpha value is -3.53. The number of fused-ring (bicyclic) bond motifs is 2. The molecule has 3 N–H and O–H groups in total. The number of ether oxygens (including phenoxy) is 1. The van der Waals surface area contributed by atoms with Gasteiger partial charge in [0, 0.05) is 46.5 Å². The number of carbonyl (C=O) groups excluding carboxylic acids is 1. The van der Waals surface area contributed by atoms with Crippen LogP contribution >= 0.6 is 11.3 Å². The molecule has 1 atom stereocenters. The maximum Gasteiger partial charge on any atom is 0.272 e. The number of aromatic amines is 2. The molecule has 3 aromatic heterocycles. The van der Waals surface area contributed by atoms with E-state index in [0.717, 1.165) is 64.4 Å². The van der Waals surface area contributed by atoms with Crippen LogP contribution in [0, 0.1) is 0 Å². The van der Waals surface area contributed by atoms with Crippen LogP contribution in [-0.4, -0.2) is 56.3 Å². The second kappa shape index (κ2) is 9.09. The smallest absolute Gasteiger partial charge is 0.272 e. The van der Waals surface area contributed by atoms with Crippen molar-refractivity contribution in [3.8, 4) is 11.1 Å². The lowest BCUT2D eigenvalue weighted by Gasteiger charge is -2.44. The first-order valence-electron chi connectivity index (χ1n) is 12.8. The number of hydrogen-bond donors (Lipinski definition) is 3. The highest BCUT2D eigenvalue weighted by atomic mass is 32.1. The molecule has 1 amide bonds. The summed E-state index contributed by atoms with van der Waals surface area (Å²) in [6.45, 7) is 2.17. The van der Waals surface area contributed by atoms with E-state index in [1.54, 1.807) is 10.9 Å². The Labute approximate surface area is 218 Å². The molecule has 4 heterocycles. The van der Waals surface area contributed by atoms with Gasteiger partial charge in [0.15, 0.2) is 0 Å². The van der Waals surface area contributed by atoms with E-state index in [1.807, 2.05) is 12.4 Å². The minimum absolute atomic E-state index is 0.133. The molecule has 0 bridgehead atoms. The monoisotopic (exact) mass is 512 g/mol. The molecule has 2 fully saturated rings. The molecule has 7 rings (SSSR count). The zero-order valence-corrected chi connectivity index (χ0v) is 21.2. The average Bonchev–Trinajstić information content (AvgIpc) is 3.73. The van der Waals surface area contributed by atoms with Crippen molar-refractivity contribution in [2.24, 2.45) is 0 Å². The standard InChI is InChI=1S/C28H28N6O2S/c35-27(25-15-37-17-30-25)32-26(34-10-11-36-28(16-34)7-1-2-8-28)21-12-18(13-24-22(21)14-31-33-24)19-4-3-5-23-20(19)6-9-29-23/h3-6,9,12-15,17,26,29H,1-2,7-8,10-11,16H2,(H,31,33)(H,32,35). The number of rotatable bonds is 5. The number of nitrogens with zero attached hydrogens (tertiary/aromatic N) is 3. The number of nitrogens with one attached hydrogen (secondary N) is 3. The lowest BCUT2D eigenvalue weighted by atomic mass is 9.94. The zero-order valence-electron chi connectivity index (χ0n) is 20.4. The van der Waals surface area contributed by atoms with Gasteiger partial charge in [0.1, 0.15) is 11.9 Å². The normalized spacial score (nSPS) is 18.6. The second-order valence-corrected chi connectivity index (χ2v) is 10.8. The third-order valence-corrected chi connectivity index (χ3v) is 8.47. The van der Waals surface area contributed by atoms with Crippen LogP contribution in [0.5, 0.6) is 0 Å². The SMILES string of the molecule is O=C(NC(c1cc(-c2cccc3[nH]ccc23)cc2[nH]ncc12)N1CCOC2(CCCC2)C1)c1cscn1. The largest absolute Gasteiger partial charge is 0.372 e. The van der Waals surface area contributed by atoms with Crippen molar-refractivity contribution in [3.05, 3.63) is 70.9 Å². The number of aromatic nitrogens is 4. The maximum atomic E-state index is 13.4. The summed E-state index contributed by atoms with van der Waals surface area (Å²) in [7, 11) is 0. The minimum Gasteiger partial charge on any atom is -0.372 e. The van der Waals surface area contributed by atoms with E-state index in [2.05, 4.69) is 66.8 Å². The van der Waals surface area contributed by atoms with Crippen molar-refractivity contribution < 1.29 is 9.53 Å². The quantitative estimate of drug-likeness (QED) is 0.299. The second-order valence-electron chi connectivity index (χ2n) is 10.1. The van der Waals surface area contributed by atoms with Crippen LogP contribution in [0.15, 0.2) is 59.7 Å². The number of thiazole rings is 1. The Bertz CT molecular complexity index is 1570. The molecule has 2 aromatic carbocycles. The van der Waals surface area contributed by atoms with E-state index in [-0.39, 0.29) is 17.7 Å². The van der Waals surface area contributed by atoms with Gasteiger partial charge in [-0.2, -0.15) is 5.10 Å². The molecule has 1 spiro atoms. The summed E-state index contributed by atoms with van der Waals surface area (Å²) in [5.74, 6) is -0.173. The van der Waals surface area contributed by atoms with E-state index < -0.39 is 0 Å². The maximum absolute atomic E-state index is 13.4. The van der Waals surface area contributed by atoms with Crippen LogP contribution in [0.4, 0.5) is 0 Å². The summed E-state index contributed by atoms with van der Waals surface area (Å²) in [5, 5.41) is 14.8. The molecule has 1 aliphatic carbocycles. The predicted octanol–water partition coefficient (Wildman–Crippen LogP) is 5.24. The third-order valence-electron chi connectivity index (χ3n) is 7.88. The van der Waals surface area contributed by atoms with Gasteiger partial charge in [-0.1, -0.05) is 25.0 Å². The Kier molecular flexibility index (Phi) is 5.57. The van der Waals surface area contributed by atoms with Gasteiger partial charge in [0.05, 0.1) is 29.4 Å². The molecular formula is C28H28N6O2S. The highest BCUT2D eigenvalue weighted by molar-refractivity contribution is 7.07. The van der Waals surface area contributed by atoms with Gasteiger partial charge >= 0.3 is 0 Å². The fourth-order valence-electron chi connectivity index (χ4n) is 6.10. The van der Waals surface area contributed by atoms with E-state index in [1.165, 1.54) is 24.2 Å². The van der Waals surface area contributed by atoms with E-state index in [9.17, 15) is 4.79 Å². The Balaban J connectivity index is 1.36. The van der Waals surface area contributed by atoms with Gasteiger partial charge in [-0.15, -0.1) is 11.3 Å². The van der Waals surface area contributed by atoms with Gasteiger partial charge in [0.25, 0.3) is 5.91 Å². The van der Waals surface area contributed by atoms with Gasteiger partial charge < -0.3 is 15.0 Å². The molecule has 1 unspecified atom stereocenters. The molecule has 1 saturated carbocycles. The summed E-state index contributed by atoms with van der Waals surface area (Å²) in [5.41, 5.74) is 7.27. The molecule has 0 radical (unpaired) electrons. The number of hydrogen-bond acceptors (Lipinski definition) is 6. The highest BCUT2D eigenvalue weighted by Crippen LogP contribution is 2.40. The van der Waals surface area contributed by atoms with Crippen LogP contribution < -0.4 is 5.32 Å². The molecule has 188 valence electrons. The molecular weight excluding hydrogens is 484 g/mol. The number of amides is 1. The molecule has 9 heteroatoms. The number of carbonyl (C=O) groups is 1. The first kappa shape index (κ1) is 22.7. The fourth-order valence-corrected chi connectivity index (χ4v) is 6.63. The van der Waals surface area contributed by atoms with Crippen molar-refractivity contribution in [3.63, 3.8) is 0 Å². The first-order chi connectivity index (χ1) is 18.2. The van der Waals surface area contributed by atoms with Crippen molar-refractivity contribution in [2.45, 2.75) is 37.5 Å². The van der Waals surface area contributed by atoms with Crippen LogP contribution in [0.1, 0.15) is 47.9 Å². The van der Waals surface area contributed by atoms with E-state index in [4.69, 9.17) is 4.74 Å². The van der Waals surface area contributed by atoms with Gasteiger partial charge in [-0.25, -0.2) is 4.98 Å². The molecule has 1 saturated heterocycles. The molecule has 2 aliphatic rings. The van der Waals surface area contributed by atoms with Crippen molar-refractivity contribution in [1.82, 2.24) is 30.4 Å². The number of H-pyrrole nitrogens is 2. The van der Waals surface area contributed by atoms with Crippen molar-refractivity contribution in [2.75, 3.05) is 19.7 Å². The Morgan fingerprint density at radius 2 is 2.08 bits per heavy atom. The Morgan fingerprint density at radius 1 is 1.16 bits per heavy atom. The third kappa shape index (κ3) is 4.03. The summed E-state index contributed by atoms with van der Waals surface area (Å²) in [6, 6.07) is 12.8. The van der Waals surface area contributed by atoms with Crippen molar-refractivity contribution in [1.29, 1.82) is 0 Å². The fraction of sp³-hybridized carbons (Fsp3) is 0.321. The first-order valence-corrected chi connectivity index (χ1v) is 13.7. The molecule has 8 nitrogen and oxygen atoms in total. The molecule has 37 heavy (non-hydrogen) atoms. The summed E-state index contributed by atoms with van der Waals surface area (Å²) in [4.78, 5) is 23.3. The van der Waals surface area contributed by atoms with Gasteiger partial charge in [-0.3, -0.25) is 14.8 Å². The average molecular weight is 513 g/mol. The van der Waals surface area contributed by atoms with Crippen LogP contribution in [0.25, 0.3) is 32.9 Å². The lowest BCUT2D eigenvalue weighted by molar-refractivity contribution is -0.117. The van der Waals surface area contributed by atoms with Gasteiger partial charge in [0.2, 0.25) is 0 Å². The summed E-state index contributed by atoms with van der Waals surface area (Å²) < 4.78 is 6.34. The summed E-state index contributed by atoms with van der Waals surface area (Å²) in [6.07, 6.45) is 7.98. The van der Waals surface area contributed by atoms with Crippen LogP contribution in [-0.2, 0) is 4.74 Å². The lowest BCUT2D eigenvalue weighted by Crippen LogP contribution is -2.54. The molecule has 1 aliphatic heterocycles. The minimum atomic E-state index is -0.346. The zero-order chi connectivity index (χ0) is 24.8. The predicted molar refractivity (Wildman–Crippen MR) is 144 cm³/mol. The summed E-state index contributed by atoms with van der Waals surface area (Å²) >= 11 is 1.42. The molecule has 5 aromatic rings. The number of morpholine rings is 1.